The topological polar surface area (TPSA) is 92.8 Å². The van der Waals surface area contributed by atoms with Gasteiger partial charge in [-0.25, -0.2) is 13.2 Å². The average molecular weight is 416 g/mol. The molecule has 0 saturated carbocycles. The number of benzene rings is 2. The molecule has 0 radical (unpaired) electrons. The Labute approximate surface area is 170 Å². The largest absolute Gasteiger partial charge is 0.465 e. The van der Waals surface area contributed by atoms with Crippen molar-refractivity contribution in [2.24, 2.45) is 0 Å². The maximum atomic E-state index is 13.1. The third kappa shape index (κ3) is 4.49. The molecule has 1 fully saturated rings. The molecule has 3 rings (SSSR count). The average Bonchev–Trinajstić information content (AvgIpc) is 2.75. The first kappa shape index (κ1) is 21.0. The fourth-order valence-corrected chi connectivity index (χ4v) is 5.08. The Hall–Kier alpha value is -2.71. The first-order chi connectivity index (χ1) is 13.8. The molecule has 1 aliphatic rings. The lowest BCUT2D eigenvalue weighted by atomic mass is 10.0. The van der Waals surface area contributed by atoms with E-state index in [9.17, 15) is 18.0 Å². The number of ether oxygens (including phenoxy) is 1. The third-order valence-electron chi connectivity index (χ3n) is 5.02. The quantitative estimate of drug-likeness (QED) is 0.757. The van der Waals surface area contributed by atoms with Gasteiger partial charge in [0, 0.05) is 12.2 Å². The lowest BCUT2D eigenvalue weighted by Crippen LogP contribution is -2.49. The van der Waals surface area contributed by atoms with Crippen LogP contribution in [0.25, 0.3) is 0 Å². The van der Waals surface area contributed by atoms with Gasteiger partial charge in [0.25, 0.3) is 0 Å². The van der Waals surface area contributed by atoms with Crippen LogP contribution in [0.3, 0.4) is 0 Å². The third-order valence-corrected chi connectivity index (χ3v) is 6.95. The van der Waals surface area contributed by atoms with E-state index in [2.05, 4.69) is 5.32 Å². The number of methoxy groups -OCH3 is 1. The number of nitrogens with zero attached hydrogens (tertiary/aromatic N) is 1. The second kappa shape index (κ2) is 8.75. The Balaban J connectivity index is 1.87. The Kier molecular flexibility index (Phi) is 6.34. The lowest BCUT2D eigenvalue weighted by Gasteiger charge is -2.33. The fourth-order valence-electron chi connectivity index (χ4n) is 3.40. The summed E-state index contributed by atoms with van der Waals surface area (Å²) in [6.07, 6.45) is 1.90. The Morgan fingerprint density at radius 3 is 2.52 bits per heavy atom. The SMILES string of the molecule is COC(=O)c1ccc(C)c(NC(=O)[C@H]2CCCCN2S(=O)(=O)c2ccccc2)c1. The molecule has 29 heavy (non-hydrogen) atoms. The van der Waals surface area contributed by atoms with Gasteiger partial charge in [0.15, 0.2) is 0 Å². The Morgan fingerprint density at radius 1 is 1.10 bits per heavy atom. The van der Waals surface area contributed by atoms with Crippen LogP contribution in [-0.2, 0) is 19.6 Å². The van der Waals surface area contributed by atoms with Gasteiger partial charge in [-0.05, 0) is 49.6 Å². The molecule has 7 nitrogen and oxygen atoms in total. The molecule has 1 saturated heterocycles. The van der Waals surface area contributed by atoms with E-state index in [0.717, 1.165) is 12.0 Å². The van der Waals surface area contributed by atoms with E-state index in [-0.39, 0.29) is 11.4 Å². The van der Waals surface area contributed by atoms with Gasteiger partial charge in [0.1, 0.15) is 6.04 Å². The standard InChI is InChI=1S/C21H24N2O5S/c1-15-11-12-16(21(25)28-2)14-18(15)22-20(24)19-10-6-7-13-23(19)29(26,27)17-8-4-3-5-9-17/h3-5,8-9,11-12,14,19H,6-7,10,13H2,1-2H3,(H,22,24)/t19-/m1/s1. The zero-order valence-corrected chi connectivity index (χ0v) is 17.2. The van der Waals surface area contributed by atoms with Crippen LogP contribution in [0, 0.1) is 6.92 Å². The van der Waals surface area contributed by atoms with Crippen molar-refractivity contribution in [3.63, 3.8) is 0 Å². The van der Waals surface area contributed by atoms with Gasteiger partial charge in [0.2, 0.25) is 15.9 Å². The number of hydrogen-bond acceptors (Lipinski definition) is 5. The summed E-state index contributed by atoms with van der Waals surface area (Å²) in [5, 5.41) is 2.80. The Bertz CT molecular complexity index is 1000. The van der Waals surface area contributed by atoms with Gasteiger partial charge >= 0.3 is 5.97 Å². The highest BCUT2D eigenvalue weighted by atomic mass is 32.2. The highest BCUT2D eigenvalue weighted by molar-refractivity contribution is 7.89. The lowest BCUT2D eigenvalue weighted by molar-refractivity contribution is -0.120. The van der Waals surface area contributed by atoms with Crippen molar-refractivity contribution in [3.05, 3.63) is 59.7 Å². The minimum absolute atomic E-state index is 0.170. The van der Waals surface area contributed by atoms with Gasteiger partial charge in [-0.15, -0.1) is 0 Å². The molecular formula is C21H24N2O5S. The number of rotatable bonds is 5. The molecule has 8 heteroatoms. The number of aryl methyl sites for hydroxylation is 1. The molecule has 0 unspecified atom stereocenters. The molecule has 0 bridgehead atoms. The molecular weight excluding hydrogens is 392 g/mol. The number of carbonyl (C=O) groups excluding carboxylic acids is 2. The predicted octanol–water partition coefficient (Wildman–Crippen LogP) is 2.96. The summed E-state index contributed by atoms with van der Waals surface area (Å²) in [4.78, 5) is 25.0. The molecule has 1 heterocycles. The maximum Gasteiger partial charge on any atom is 0.337 e. The van der Waals surface area contributed by atoms with Crippen molar-refractivity contribution in [2.45, 2.75) is 37.1 Å². The molecule has 2 aromatic carbocycles. The second-order valence-corrected chi connectivity index (χ2v) is 8.84. The van der Waals surface area contributed by atoms with Gasteiger partial charge < -0.3 is 10.1 Å². The smallest absolute Gasteiger partial charge is 0.337 e. The predicted molar refractivity (Wildman–Crippen MR) is 109 cm³/mol. The number of nitrogens with one attached hydrogen (secondary N) is 1. The fraction of sp³-hybridized carbons (Fsp3) is 0.333. The summed E-state index contributed by atoms with van der Waals surface area (Å²) in [5.74, 6) is -0.916. The van der Waals surface area contributed by atoms with Gasteiger partial charge in [-0.2, -0.15) is 4.31 Å². The van der Waals surface area contributed by atoms with E-state index < -0.39 is 27.9 Å². The highest BCUT2D eigenvalue weighted by Gasteiger charge is 2.37. The van der Waals surface area contributed by atoms with Crippen molar-refractivity contribution < 1.29 is 22.7 Å². The zero-order valence-electron chi connectivity index (χ0n) is 16.4. The van der Waals surface area contributed by atoms with Gasteiger partial charge in [-0.1, -0.05) is 30.7 Å². The van der Waals surface area contributed by atoms with Crippen molar-refractivity contribution in [1.82, 2.24) is 4.31 Å². The summed E-state index contributed by atoms with van der Waals surface area (Å²) in [5.41, 5.74) is 1.53. The van der Waals surface area contributed by atoms with Crippen molar-refractivity contribution in [3.8, 4) is 0 Å². The first-order valence-electron chi connectivity index (χ1n) is 9.41. The van der Waals surface area contributed by atoms with Crippen LogP contribution >= 0.6 is 0 Å². The summed E-state index contributed by atoms with van der Waals surface area (Å²) >= 11 is 0. The highest BCUT2D eigenvalue weighted by Crippen LogP contribution is 2.27. The van der Waals surface area contributed by atoms with Crippen LogP contribution < -0.4 is 5.32 Å². The normalized spacial score (nSPS) is 17.5. The summed E-state index contributed by atoms with van der Waals surface area (Å²) < 4.78 is 32.2. The number of piperidine rings is 1. The summed E-state index contributed by atoms with van der Waals surface area (Å²) in [6, 6.07) is 12.2. The zero-order chi connectivity index (χ0) is 21.0. The van der Waals surface area contributed by atoms with E-state index in [0.29, 0.717) is 24.1 Å². The molecule has 154 valence electrons. The van der Waals surface area contributed by atoms with Gasteiger partial charge in [0.05, 0.1) is 17.6 Å². The van der Waals surface area contributed by atoms with Crippen LogP contribution in [-0.4, -0.2) is 44.3 Å². The molecule has 1 aliphatic heterocycles. The van der Waals surface area contributed by atoms with Crippen LogP contribution in [0.2, 0.25) is 0 Å². The van der Waals surface area contributed by atoms with Crippen molar-refractivity contribution in [2.75, 3.05) is 19.0 Å². The number of hydrogen-bond donors (Lipinski definition) is 1. The van der Waals surface area contributed by atoms with E-state index in [1.165, 1.54) is 29.6 Å². The molecule has 2 aromatic rings. The summed E-state index contributed by atoms with van der Waals surface area (Å²) in [6.45, 7) is 2.09. The van der Waals surface area contributed by atoms with Crippen LogP contribution in [0.1, 0.15) is 35.2 Å². The molecule has 1 amide bonds. The maximum absolute atomic E-state index is 13.1. The number of anilines is 1. The first-order valence-corrected chi connectivity index (χ1v) is 10.9. The van der Waals surface area contributed by atoms with Crippen LogP contribution in [0.4, 0.5) is 5.69 Å². The molecule has 1 N–H and O–H groups in total. The molecule has 0 aliphatic carbocycles. The molecule has 0 aromatic heterocycles. The molecule has 0 spiro atoms. The number of amides is 1. The minimum Gasteiger partial charge on any atom is -0.465 e. The number of sulfonamides is 1. The van der Waals surface area contributed by atoms with Crippen LogP contribution in [0.5, 0.6) is 0 Å². The minimum atomic E-state index is -3.79. The Morgan fingerprint density at radius 2 is 1.83 bits per heavy atom. The van der Waals surface area contributed by atoms with Crippen molar-refractivity contribution >= 4 is 27.6 Å². The van der Waals surface area contributed by atoms with E-state index in [4.69, 9.17) is 4.74 Å². The monoisotopic (exact) mass is 416 g/mol. The van der Waals surface area contributed by atoms with E-state index in [1.807, 2.05) is 0 Å². The van der Waals surface area contributed by atoms with Crippen LogP contribution in [0.15, 0.2) is 53.4 Å². The van der Waals surface area contributed by atoms with E-state index >= 15 is 0 Å². The number of carbonyl (C=O) groups is 2. The van der Waals surface area contributed by atoms with Crippen molar-refractivity contribution in [1.29, 1.82) is 0 Å². The van der Waals surface area contributed by atoms with E-state index in [1.54, 1.807) is 37.3 Å². The number of esters is 1. The molecule has 1 atom stereocenters. The van der Waals surface area contributed by atoms with Gasteiger partial charge in [-0.3, -0.25) is 4.79 Å². The second-order valence-electron chi connectivity index (χ2n) is 6.95. The summed E-state index contributed by atoms with van der Waals surface area (Å²) in [7, 11) is -2.50.